The monoisotopic (exact) mass is 187 g/mol. The summed E-state index contributed by atoms with van der Waals surface area (Å²) in [5, 5.41) is 0. The van der Waals surface area contributed by atoms with E-state index in [0.717, 1.165) is 6.20 Å². The zero-order valence-electron chi connectivity index (χ0n) is 7.02. The number of pyridine rings is 1. The van der Waals surface area contributed by atoms with Gasteiger partial charge in [-0.05, 0) is 18.6 Å². The molecule has 0 radical (unpaired) electrons. The molecule has 4 heteroatoms. The lowest BCUT2D eigenvalue weighted by Crippen LogP contribution is -2.10. The zero-order valence-corrected chi connectivity index (χ0v) is 7.02. The molecule has 0 N–H and O–H groups in total. The van der Waals surface area contributed by atoms with Crippen molar-refractivity contribution in [3.05, 3.63) is 36.2 Å². The molecule has 0 spiro atoms. The van der Waals surface area contributed by atoms with Gasteiger partial charge in [0.25, 0.3) is 0 Å². The van der Waals surface area contributed by atoms with Crippen LogP contribution in [0.25, 0.3) is 5.57 Å². The fraction of sp³-hybridized carbons (Fsp3) is 0.222. The van der Waals surface area contributed by atoms with Crippen molar-refractivity contribution < 1.29 is 13.2 Å². The first kappa shape index (κ1) is 9.77. The molecule has 1 aromatic rings. The minimum Gasteiger partial charge on any atom is -0.251 e. The van der Waals surface area contributed by atoms with E-state index in [1.165, 1.54) is 19.1 Å². The summed E-state index contributed by atoms with van der Waals surface area (Å²) >= 11 is 0. The van der Waals surface area contributed by atoms with Gasteiger partial charge in [-0.15, -0.1) is 0 Å². The third-order valence-electron chi connectivity index (χ3n) is 1.54. The predicted octanol–water partition coefficient (Wildman–Crippen LogP) is 3.13. The fourth-order valence-electron chi connectivity index (χ4n) is 0.976. The highest BCUT2D eigenvalue weighted by Gasteiger charge is 2.34. The summed E-state index contributed by atoms with van der Waals surface area (Å²) in [4.78, 5) is 3.29. The van der Waals surface area contributed by atoms with Crippen LogP contribution in [0.4, 0.5) is 13.2 Å². The van der Waals surface area contributed by atoms with Crippen molar-refractivity contribution in [3.63, 3.8) is 0 Å². The van der Waals surface area contributed by atoms with E-state index < -0.39 is 11.9 Å². The van der Waals surface area contributed by atoms with Crippen LogP contribution in [-0.4, -0.2) is 4.98 Å². The van der Waals surface area contributed by atoms with E-state index in [1.807, 2.05) is 0 Å². The Morgan fingerprint density at radius 2 is 2.08 bits per heavy atom. The lowest BCUT2D eigenvalue weighted by Gasteiger charge is -2.10. The van der Waals surface area contributed by atoms with Gasteiger partial charge in [0.1, 0.15) is 0 Å². The van der Waals surface area contributed by atoms with Gasteiger partial charge >= 0.3 is 6.18 Å². The van der Waals surface area contributed by atoms with Crippen LogP contribution in [0.3, 0.4) is 0 Å². The topological polar surface area (TPSA) is 12.9 Å². The number of alkyl halides is 3. The molecular formula is C9H8F3N. The fourth-order valence-corrected chi connectivity index (χ4v) is 0.976. The van der Waals surface area contributed by atoms with Crippen LogP contribution in [0.2, 0.25) is 0 Å². The molecule has 1 heterocycles. The van der Waals surface area contributed by atoms with Gasteiger partial charge in [-0.1, -0.05) is 12.6 Å². The predicted molar refractivity (Wildman–Crippen MR) is 43.9 cm³/mol. The van der Waals surface area contributed by atoms with Crippen molar-refractivity contribution >= 4 is 5.57 Å². The second kappa shape index (κ2) is 3.20. The van der Waals surface area contributed by atoms with Gasteiger partial charge < -0.3 is 0 Å². The molecule has 0 bridgehead atoms. The standard InChI is InChI=1S/C9H8F3N/c1-6(2)7-4-3-5-13-8(7)9(10,11)12/h3-5H,1H2,2H3. The number of aromatic nitrogens is 1. The normalized spacial score (nSPS) is 11.4. The highest BCUT2D eigenvalue weighted by Crippen LogP contribution is 2.32. The van der Waals surface area contributed by atoms with Gasteiger partial charge in [-0.25, -0.2) is 0 Å². The van der Waals surface area contributed by atoms with Gasteiger partial charge in [0.15, 0.2) is 5.69 Å². The highest BCUT2D eigenvalue weighted by atomic mass is 19.4. The molecule has 1 nitrogen and oxygen atoms in total. The molecule has 0 saturated heterocycles. The second-order valence-corrected chi connectivity index (χ2v) is 2.68. The molecule has 0 fully saturated rings. The lowest BCUT2D eigenvalue weighted by molar-refractivity contribution is -0.141. The van der Waals surface area contributed by atoms with Crippen molar-refractivity contribution in [1.82, 2.24) is 4.98 Å². The van der Waals surface area contributed by atoms with Gasteiger partial charge in [0.05, 0.1) is 0 Å². The van der Waals surface area contributed by atoms with Crippen LogP contribution < -0.4 is 0 Å². The van der Waals surface area contributed by atoms with Crippen LogP contribution in [0.5, 0.6) is 0 Å². The Labute approximate surface area is 73.9 Å². The van der Waals surface area contributed by atoms with Gasteiger partial charge in [0.2, 0.25) is 0 Å². The maximum absolute atomic E-state index is 12.3. The number of allylic oxidation sites excluding steroid dienone is 1. The average molecular weight is 187 g/mol. The Hall–Kier alpha value is -1.32. The van der Waals surface area contributed by atoms with Crippen LogP contribution in [0.15, 0.2) is 24.9 Å². The maximum Gasteiger partial charge on any atom is 0.433 e. The van der Waals surface area contributed by atoms with E-state index in [4.69, 9.17) is 0 Å². The number of halogens is 3. The maximum atomic E-state index is 12.3. The quantitative estimate of drug-likeness (QED) is 0.658. The number of rotatable bonds is 1. The smallest absolute Gasteiger partial charge is 0.251 e. The summed E-state index contributed by atoms with van der Waals surface area (Å²) in [5.41, 5.74) is -0.460. The molecule has 13 heavy (non-hydrogen) atoms. The molecule has 70 valence electrons. The number of hydrogen-bond donors (Lipinski definition) is 0. The van der Waals surface area contributed by atoms with Crippen molar-refractivity contribution in [1.29, 1.82) is 0 Å². The van der Waals surface area contributed by atoms with Crippen LogP contribution in [0, 0.1) is 0 Å². The van der Waals surface area contributed by atoms with Crippen molar-refractivity contribution in [2.24, 2.45) is 0 Å². The molecule has 0 aliphatic carbocycles. The van der Waals surface area contributed by atoms with Crippen LogP contribution in [0.1, 0.15) is 18.2 Å². The van der Waals surface area contributed by atoms with Crippen molar-refractivity contribution in [2.75, 3.05) is 0 Å². The van der Waals surface area contributed by atoms with E-state index in [2.05, 4.69) is 11.6 Å². The lowest BCUT2D eigenvalue weighted by atomic mass is 10.1. The third-order valence-corrected chi connectivity index (χ3v) is 1.54. The first-order chi connectivity index (χ1) is 5.93. The zero-order chi connectivity index (χ0) is 10.1. The molecule has 0 aliphatic heterocycles. The van der Waals surface area contributed by atoms with Crippen LogP contribution in [-0.2, 0) is 6.18 Å². The molecular weight excluding hydrogens is 179 g/mol. The minimum atomic E-state index is -4.41. The first-order valence-electron chi connectivity index (χ1n) is 3.61. The van der Waals surface area contributed by atoms with Crippen molar-refractivity contribution in [3.8, 4) is 0 Å². The molecule has 0 amide bonds. The largest absolute Gasteiger partial charge is 0.433 e. The molecule has 0 aliphatic rings. The molecule has 0 saturated carbocycles. The van der Waals surface area contributed by atoms with Crippen LogP contribution >= 0.6 is 0 Å². The Kier molecular flexibility index (Phi) is 2.40. The molecule has 0 aromatic carbocycles. The number of hydrogen-bond acceptors (Lipinski definition) is 1. The average Bonchev–Trinajstić information content (AvgIpc) is 2.03. The first-order valence-corrected chi connectivity index (χ1v) is 3.61. The summed E-state index contributed by atoms with van der Waals surface area (Å²) in [7, 11) is 0. The summed E-state index contributed by atoms with van der Waals surface area (Å²) in [5.74, 6) is 0. The van der Waals surface area contributed by atoms with E-state index in [1.54, 1.807) is 0 Å². The molecule has 1 rings (SSSR count). The highest BCUT2D eigenvalue weighted by molar-refractivity contribution is 5.63. The summed E-state index contributed by atoms with van der Waals surface area (Å²) < 4.78 is 36.9. The molecule has 1 aromatic heterocycles. The van der Waals surface area contributed by atoms with E-state index in [9.17, 15) is 13.2 Å². The SMILES string of the molecule is C=C(C)c1cccnc1C(F)(F)F. The molecule has 0 atom stereocenters. The number of nitrogens with zero attached hydrogens (tertiary/aromatic N) is 1. The summed E-state index contributed by atoms with van der Waals surface area (Å²) in [6, 6.07) is 2.82. The van der Waals surface area contributed by atoms with Gasteiger partial charge in [0, 0.05) is 11.8 Å². The molecule has 0 unspecified atom stereocenters. The van der Waals surface area contributed by atoms with Gasteiger partial charge in [-0.2, -0.15) is 13.2 Å². The third kappa shape index (κ3) is 2.08. The Morgan fingerprint density at radius 1 is 1.46 bits per heavy atom. The van der Waals surface area contributed by atoms with E-state index in [-0.39, 0.29) is 5.56 Å². The summed E-state index contributed by atoms with van der Waals surface area (Å²) in [6.45, 7) is 4.98. The van der Waals surface area contributed by atoms with Crippen molar-refractivity contribution in [2.45, 2.75) is 13.1 Å². The second-order valence-electron chi connectivity index (χ2n) is 2.68. The Balaban J connectivity index is 3.28. The summed E-state index contributed by atoms with van der Waals surface area (Å²) in [6.07, 6.45) is -3.29. The Bertz CT molecular complexity index is 328. The van der Waals surface area contributed by atoms with Gasteiger partial charge in [-0.3, -0.25) is 4.98 Å². The Morgan fingerprint density at radius 3 is 2.46 bits per heavy atom. The van der Waals surface area contributed by atoms with E-state index in [0.29, 0.717) is 5.57 Å². The minimum absolute atomic E-state index is 0.0509. The van der Waals surface area contributed by atoms with E-state index >= 15 is 0 Å².